The average molecular weight is 168 g/mol. The molecule has 0 aliphatic carbocycles. The Hall–Kier alpha value is -1.22. The van der Waals surface area contributed by atoms with Gasteiger partial charge >= 0.3 is 5.69 Å². The summed E-state index contributed by atoms with van der Waals surface area (Å²) in [5, 5.41) is 0.493. The van der Waals surface area contributed by atoms with Gasteiger partial charge in [-0.1, -0.05) is 11.6 Å². The third-order valence-electron chi connectivity index (χ3n) is 1.41. The van der Waals surface area contributed by atoms with Crippen LogP contribution in [-0.4, -0.2) is 9.97 Å². The van der Waals surface area contributed by atoms with Gasteiger partial charge in [0, 0.05) is 6.07 Å². The maximum atomic E-state index is 10.7. The van der Waals surface area contributed by atoms with Gasteiger partial charge in [0.05, 0.1) is 16.1 Å². The van der Waals surface area contributed by atoms with Crippen molar-refractivity contribution in [2.45, 2.75) is 0 Å². The second kappa shape index (κ2) is 2.13. The molecule has 11 heavy (non-hydrogen) atoms. The molecule has 0 saturated heterocycles. The van der Waals surface area contributed by atoms with E-state index in [1.807, 2.05) is 0 Å². The van der Waals surface area contributed by atoms with Crippen molar-refractivity contribution in [2.75, 3.05) is 0 Å². The Morgan fingerprint density at radius 3 is 2.91 bits per heavy atom. The second-order valence-corrected chi connectivity index (χ2v) is 2.59. The number of rotatable bonds is 0. The normalized spacial score (nSPS) is 10.6. The molecular weight excluding hydrogens is 164 g/mol. The van der Waals surface area contributed by atoms with Gasteiger partial charge in [-0.25, -0.2) is 4.79 Å². The first-order chi connectivity index (χ1) is 5.25. The molecule has 2 aromatic rings. The smallest absolute Gasteiger partial charge is 0.306 e. The van der Waals surface area contributed by atoms with Crippen LogP contribution in [0.25, 0.3) is 11.0 Å². The number of hydrogen-bond donors (Lipinski definition) is 2. The molecule has 0 bridgehead atoms. The summed E-state index contributed by atoms with van der Waals surface area (Å²) in [5.41, 5.74) is 1.20. The minimum atomic E-state index is -0.226. The molecule has 1 aromatic carbocycles. The van der Waals surface area contributed by atoms with Crippen LogP contribution in [0.5, 0.6) is 0 Å². The number of aromatic amines is 2. The Labute approximate surface area is 67.0 Å². The van der Waals surface area contributed by atoms with Gasteiger partial charge < -0.3 is 9.97 Å². The quantitative estimate of drug-likeness (QED) is 0.611. The minimum Gasteiger partial charge on any atom is -0.306 e. The topological polar surface area (TPSA) is 48.6 Å². The first kappa shape index (κ1) is 6.49. The van der Waals surface area contributed by atoms with Crippen molar-refractivity contribution in [3.05, 3.63) is 33.7 Å². The largest absolute Gasteiger partial charge is 0.323 e. The van der Waals surface area contributed by atoms with Crippen LogP contribution in [0.3, 0.4) is 0 Å². The Kier molecular flexibility index (Phi) is 1.26. The molecule has 2 rings (SSSR count). The zero-order valence-electron chi connectivity index (χ0n) is 5.44. The molecule has 55 valence electrons. The SMILES string of the molecule is O=c1[nH]c2c[c]c(Cl)cc2[nH]1. The number of H-pyrrole nitrogens is 2. The zero-order chi connectivity index (χ0) is 7.84. The van der Waals surface area contributed by atoms with Gasteiger partial charge in [-0.3, -0.25) is 0 Å². The van der Waals surface area contributed by atoms with E-state index in [0.29, 0.717) is 10.5 Å². The van der Waals surface area contributed by atoms with E-state index in [1.54, 1.807) is 12.1 Å². The number of hydrogen-bond acceptors (Lipinski definition) is 1. The lowest BCUT2D eigenvalue weighted by atomic mass is 10.3. The summed E-state index contributed by atoms with van der Waals surface area (Å²) in [6, 6.07) is 6.04. The standard InChI is InChI=1S/C7H4ClN2O/c8-4-1-2-5-6(3-4)10-7(11)9-5/h2-3H,(H2,9,10,11). The van der Waals surface area contributed by atoms with Crippen LogP contribution in [-0.2, 0) is 0 Å². The molecule has 1 radical (unpaired) electrons. The minimum absolute atomic E-state index is 0.226. The van der Waals surface area contributed by atoms with Gasteiger partial charge in [0.2, 0.25) is 0 Å². The van der Waals surface area contributed by atoms with Gasteiger partial charge in [0.1, 0.15) is 0 Å². The number of halogens is 1. The highest BCUT2D eigenvalue weighted by atomic mass is 35.5. The maximum absolute atomic E-state index is 10.7. The van der Waals surface area contributed by atoms with E-state index in [4.69, 9.17) is 11.6 Å². The number of nitrogens with one attached hydrogen (secondary N) is 2. The molecule has 3 nitrogen and oxygen atoms in total. The van der Waals surface area contributed by atoms with Crippen LogP contribution < -0.4 is 5.69 Å². The second-order valence-electron chi connectivity index (χ2n) is 2.19. The Morgan fingerprint density at radius 1 is 1.36 bits per heavy atom. The molecule has 0 aliphatic rings. The molecular formula is C7H4ClN2O. The molecule has 0 atom stereocenters. The summed E-state index contributed by atoms with van der Waals surface area (Å²) in [6.07, 6.45) is 0. The van der Waals surface area contributed by atoms with Gasteiger partial charge in [-0.15, -0.1) is 0 Å². The van der Waals surface area contributed by atoms with Gasteiger partial charge in [-0.2, -0.15) is 0 Å². The third-order valence-corrected chi connectivity index (χ3v) is 1.63. The lowest BCUT2D eigenvalue weighted by Crippen LogP contribution is -1.99. The highest BCUT2D eigenvalue weighted by Crippen LogP contribution is 2.12. The maximum Gasteiger partial charge on any atom is 0.323 e. The predicted molar refractivity (Wildman–Crippen MR) is 42.8 cm³/mol. The number of imidazole rings is 1. The van der Waals surface area contributed by atoms with E-state index in [-0.39, 0.29) is 5.69 Å². The molecule has 0 amide bonds. The van der Waals surface area contributed by atoms with Crippen LogP contribution in [0.4, 0.5) is 0 Å². The Balaban J connectivity index is 2.92. The number of benzene rings is 1. The van der Waals surface area contributed by atoms with Crippen LogP contribution >= 0.6 is 11.6 Å². The molecule has 0 spiro atoms. The summed E-state index contributed by atoms with van der Waals surface area (Å²) in [7, 11) is 0. The van der Waals surface area contributed by atoms with E-state index in [2.05, 4.69) is 16.0 Å². The first-order valence-electron chi connectivity index (χ1n) is 3.05. The van der Waals surface area contributed by atoms with Crippen molar-refractivity contribution in [1.82, 2.24) is 9.97 Å². The fourth-order valence-electron chi connectivity index (χ4n) is 0.948. The summed E-state index contributed by atoms with van der Waals surface area (Å²) in [4.78, 5) is 15.9. The van der Waals surface area contributed by atoms with E-state index >= 15 is 0 Å². The summed E-state index contributed by atoms with van der Waals surface area (Å²) in [6.45, 7) is 0. The van der Waals surface area contributed by atoms with Crippen molar-refractivity contribution in [3.8, 4) is 0 Å². The van der Waals surface area contributed by atoms with Crippen molar-refractivity contribution < 1.29 is 0 Å². The van der Waals surface area contributed by atoms with Gasteiger partial charge in [0.25, 0.3) is 0 Å². The molecule has 1 aromatic heterocycles. The molecule has 2 N–H and O–H groups in total. The molecule has 4 heteroatoms. The lowest BCUT2D eigenvalue weighted by molar-refractivity contribution is 1.22. The Bertz CT molecular complexity index is 443. The van der Waals surface area contributed by atoms with E-state index in [1.165, 1.54) is 0 Å². The van der Waals surface area contributed by atoms with Crippen LogP contribution in [0.1, 0.15) is 0 Å². The summed E-state index contributed by atoms with van der Waals surface area (Å²) < 4.78 is 0. The average Bonchev–Trinajstić information content (AvgIpc) is 2.27. The fraction of sp³-hybridized carbons (Fsp3) is 0. The highest BCUT2D eigenvalue weighted by molar-refractivity contribution is 6.31. The number of aromatic nitrogens is 2. The van der Waals surface area contributed by atoms with Crippen molar-refractivity contribution in [3.63, 3.8) is 0 Å². The molecule has 0 fully saturated rings. The third kappa shape index (κ3) is 1.03. The Morgan fingerprint density at radius 2 is 2.09 bits per heavy atom. The predicted octanol–water partition coefficient (Wildman–Crippen LogP) is 1.31. The van der Waals surface area contributed by atoms with Gasteiger partial charge in [-0.05, 0) is 12.1 Å². The van der Waals surface area contributed by atoms with Crippen molar-refractivity contribution in [1.29, 1.82) is 0 Å². The summed E-state index contributed by atoms with van der Waals surface area (Å²) >= 11 is 5.64. The zero-order valence-corrected chi connectivity index (χ0v) is 6.20. The van der Waals surface area contributed by atoms with Crippen LogP contribution in [0, 0.1) is 6.07 Å². The number of fused-ring (bicyclic) bond motifs is 1. The lowest BCUT2D eigenvalue weighted by Gasteiger charge is -1.86. The highest BCUT2D eigenvalue weighted by Gasteiger charge is 1.96. The van der Waals surface area contributed by atoms with Crippen LogP contribution in [0.15, 0.2) is 16.9 Å². The molecule has 0 aliphatic heterocycles. The first-order valence-corrected chi connectivity index (χ1v) is 3.43. The van der Waals surface area contributed by atoms with E-state index in [9.17, 15) is 4.79 Å². The van der Waals surface area contributed by atoms with Crippen molar-refractivity contribution in [2.24, 2.45) is 0 Å². The van der Waals surface area contributed by atoms with Crippen molar-refractivity contribution >= 4 is 22.6 Å². The van der Waals surface area contributed by atoms with E-state index in [0.717, 1.165) is 5.52 Å². The summed E-state index contributed by atoms with van der Waals surface area (Å²) in [5.74, 6) is 0. The van der Waals surface area contributed by atoms with E-state index < -0.39 is 0 Å². The molecule has 1 heterocycles. The fourth-order valence-corrected chi connectivity index (χ4v) is 1.11. The van der Waals surface area contributed by atoms with Gasteiger partial charge in [0.15, 0.2) is 0 Å². The molecule has 0 unspecified atom stereocenters. The molecule has 0 saturated carbocycles. The monoisotopic (exact) mass is 167 g/mol. The van der Waals surface area contributed by atoms with Crippen LogP contribution in [0.2, 0.25) is 5.02 Å².